The summed E-state index contributed by atoms with van der Waals surface area (Å²) in [7, 11) is -3.83. The molecule has 1 heterocycles. The molecule has 3 atom stereocenters. The van der Waals surface area contributed by atoms with Crippen LogP contribution in [0.2, 0.25) is 0 Å². The summed E-state index contributed by atoms with van der Waals surface area (Å²) in [6.07, 6.45) is -0.670. The van der Waals surface area contributed by atoms with Gasteiger partial charge >= 0.3 is 5.97 Å². The maximum Gasteiger partial charge on any atom is 0.306 e. The van der Waals surface area contributed by atoms with Gasteiger partial charge in [0.05, 0.1) is 35.9 Å². The first kappa shape index (κ1) is 22.5. The lowest BCUT2D eigenvalue weighted by Gasteiger charge is -2.31. The van der Waals surface area contributed by atoms with Crippen molar-refractivity contribution in [1.29, 1.82) is 0 Å². The monoisotopic (exact) mass is 432 g/mol. The van der Waals surface area contributed by atoms with Gasteiger partial charge in [-0.1, -0.05) is 48.5 Å². The second-order valence-electron chi connectivity index (χ2n) is 7.73. The van der Waals surface area contributed by atoms with Crippen LogP contribution in [0.25, 0.3) is 0 Å². The van der Waals surface area contributed by atoms with Crippen molar-refractivity contribution in [2.75, 3.05) is 13.2 Å². The van der Waals surface area contributed by atoms with Crippen molar-refractivity contribution in [3.63, 3.8) is 0 Å². The first-order chi connectivity index (χ1) is 14.2. The molecule has 0 N–H and O–H groups in total. The molecule has 0 unspecified atom stereocenters. The van der Waals surface area contributed by atoms with E-state index in [2.05, 4.69) is 0 Å². The maximum atomic E-state index is 13.8. The number of hydrogen-bond donors (Lipinski definition) is 0. The third-order valence-electron chi connectivity index (χ3n) is 5.14. The Labute approximate surface area is 178 Å². The van der Waals surface area contributed by atoms with Gasteiger partial charge in [0.1, 0.15) is 0 Å². The number of carbonyl (C=O) groups is 1. The molecule has 7 heteroatoms. The minimum absolute atomic E-state index is 0.0937. The Bertz CT molecular complexity index is 940. The normalized spacial score (nSPS) is 20.4. The van der Waals surface area contributed by atoms with E-state index in [9.17, 15) is 13.2 Å². The summed E-state index contributed by atoms with van der Waals surface area (Å²) in [6, 6.07) is 17.2. The van der Waals surface area contributed by atoms with E-state index in [-0.39, 0.29) is 24.5 Å². The number of rotatable bonds is 8. The molecule has 0 bridgehead atoms. The van der Waals surface area contributed by atoms with Crippen LogP contribution >= 0.6 is 0 Å². The van der Waals surface area contributed by atoms with Crippen molar-refractivity contribution < 1.29 is 27.4 Å². The molecule has 1 saturated heterocycles. The summed E-state index contributed by atoms with van der Waals surface area (Å²) in [6.45, 7) is 5.70. The Morgan fingerprint density at radius 2 is 1.70 bits per heavy atom. The average Bonchev–Trinajstić information content (AvgIpc) is 3.08. The van der Waals surface area contributed by atoms with Crippen molar-refractivity contribution in [1.82, 2.24) is 0 Å². The van der Waals surface area contributed by atoms with Crippen molar-refractivity contribution in [2.24, 2.45) is 5.92 Å². The van der Waals surface area contributed by atoms with Crippen molar-refractivity contribution in [3.05, 3.63) is 66.2 Å². The molecule has 0 saturated carbocycles. The van der Waals surface area contributed by atoms with Crippen LogP contribution in [0.1, 0.15) is 38.0 Å². The van der Waals surface area contributed by atoms with Crippen molar-refractivity contribution >= 4 is 15.8 Å². The standard InChI is InChI=1S/C23H28O6S/c1-4-27-21(24)15-19(20-16-28-23(2,3)29-20)22(17-11-7-5-8-12-17)30(25,26)18-13-9-6-10-14-18/h5-14,19-20,22H,4,15-16H2,1-3H3/t19-,20+,22+/m0/s1. The van der Waals surface area contributed by atoms with E-state index in [0.29, 0.717) is 5.56 Å². The zero-order chi connectivity index (χ0) is 21.8. The second kappa shape index (κ2) is 9.29. The minimum Gasteiger partial charge on any atom is -0.466 e. The predicted octanol–water partition coefficient (Wildman–Crippen LogP) is 3.92. The van der Waals surface area contributed by atoms with E-state index >= 15 is 0 Å². The van der Waals surface area contributed by atoms with Crippen LogP contribution in [0.5, 0.6) is 0 Å². The molecular formula is C23H28O6S. The SMILES string of the molecule is CCOC(=O)C[C@H]([C@@H](c1ccccc1)S(=O)(=O)c1ccccc1)[C@H]1COC(C)(C)O1. The lowest BCUT2D eigenvalue weighted by Crippen LogP contribution is -2.36. The largest absolute Gasteiger partial charge is 0.466 e. The summed E-state index contributed by atoms with van der Waals surface area (Å²) < 4.78 is 44.5. The van der Waals surface area contributed by atoms with Crippen LogP contribution in [-0.4, -0.2) is 39.5 Å². The number of hydrogen-bond acceptors (Lipinski definition) is 6. The van der Waals surface area contributed by atoms with Crippen LogP contribution in [0.3, 0.4) is 0 Å². The van der Waals surface area contributed by atoms with Crippen LogP contribution in [-0.2, 0) is 28.8 Å². The molecule has 3 rings (SSSR count). The minimum atomic E-state index is -3.83. The zero-order valence-corrected chi connectivity index (χ0v) is 18.3. The van der Waals surface area contributed by atoms with Crippen LogP contribution < -0.4 is 0 Å². The Kier molecular flexibility index (Phi) is 6.95. The molecule has 2 aromatic rings. The Balaban J connectivity index is 2.10. The van der Waals surface area contributed by atoms with Crippen molar-refractivity contribution in [2.45, 2.75) is 49.2 Å². The molecular weight excluding hydrogens is 404 g/mol. The highest BCUT2D eigenvalue weighted by molar-refractivity contribution is 7.91. The van der Waals surface area contributed by atoms with Crippen LogP contribution in [0.4, 0.5) is 0 Å². The maximum absolute atomic E-state index is 13.8. The lowest BCUT2D eigenvalue weighted by atomic mass is 9.90. The molecule has 6 nitrogen and oxygen atoms in total. The summed E-state index contributed by atoms with van der Waals surface area (Å²) in [5, 5.41) is -0.993. The Morgan fingerprint density at radius 3 is 2.23 bits per heavy atom. The highest BCUT2D eigenvalue weighted by Gasteiger charge is 2.46. The highest BCUT2D eigenvalue weighted by atomic mass is 32.2. The number of esters is 1. The second-order valence-corrected chi connectivity index (χ2v) is 9.80. The fraction of sp³-hybridized carbons (Fsp3) is 0.435. The van der Waals surface area contributed by atoms with Gasteiger partial charge in [-0.2, -0.15) is 0 Å². The molecule has 30 heavy (non-hydrogen) atoms. The highest BCUT2D eigenvalue weighted by Crippen LogP contribution is 2.42. The van der Waals surface area contributed by atoms with Gasteiger partial charge in [0.25, 0.3) is 0 Å². The van der Waals surface area contributed by atoms with Crippen LogP contribution in [0.15, 0.2) is 65.6 Å². The molecule has 1 aliphatic heterocycles. The molecule has 0 amide bonds. The van der Waals surface area contributed by atoms with Gasteiger partial charge in [0, 0.05) is 5.92 Å². The number of carbonyl (C=O) groups excluding carboxylic acids is 1. The van der Waals surface area contributed by atoms with Gasteiger partial charge in [-0.05, 0) is 38.5 Å². The summed E-state index contributed by atoms with van der Waals surface area (Å²) in [4.78, 5) is 12.7. The van der Waals surface area contributed by atoms with Gasteiger partial charge < -0.3 is 14.2 Å². The first-order valence-electron chi connectivity index (χ1n) is 10.1. The number of benzene rings is 2. The Hall–Kier alpha value is -2.22. The summed E-state index contributed by atoms with van der Waals surface area (Å²) in [5.74, 6) is -1.99. The van der Waals surface area contributed by atoms with E-state index in [1.54, 1.807) is 75.4 Å². The topological polar surface area (TPSA) is 78.9 Å². The smallest absolute Gasteiger partial charge is 0.306 e. The third-order valence-corrected chi connectivity index (χ3v) is 7.36. The Morgan fingerprint density at radius 1 is 1.10 bits per heavy atom. The van der Waals surface area contributed by atoms with E-state index in [0.717, 1.165) is 0 Å². The van der Waals surface area contributed by atoms with Crippen molar-refractivity contribution in [3.8, 4) is 0 Å². The van der Waals surface area contributed by atoms with Gasteiger partial charge in [-0.3, -0.25) is 4.79 Å². The molecule has 1 aliphatic rings. The number of ether oxygens (including phenoxy) is 3. The molecule has 0 aromatic heterocycles. The zero-order valence-electron chi connectivity index (χ0n) is 17.5. The first-order valence-corrected chi connectivity index (χ1v) is 11.6. The lowest BCUT2D eigenvalue weighted by molar-refractivity contribution is -0.153. The summed E-state index contributed by atoms with van der Waals surface area (Å²) in [5.41, 5.74) is 0.601. The quantitative estimate of drug-likeness (QED) is 0.588. The summed E-state index contributed by atoms with van der Waals surface area (Å²) >= 11 is 0. The molecule has 162 valence electrons. The molecule has 1 fully saturated rings. The predicted molar refractivity (Wildman–Crippen MR) is 112 cm³/mol. The van der Waals surface area contributed by atoms with E-state index in [4.69, 9.17) is 14.2 Å². The van der Waals surface area contributed by atoms with Crippen LogP contribution in [0, 0.1) is 5.92 Å². The van der Waals surface area contributed by atoms with Gasteiger partial charge in [0.15, 0.2) is 15.6 Å². The third kappa shape index (κ3) is 5.09. The molecule has 2 aromatic carbocycles. The number of sulfone groups is 1. The van der Waals surface area contributed by atoms with E-state index in [1.807, 2.05) is 6.07 Å². The molecule has 0 aliphatic carbocycles. The van der Waals surface area contributed by atoms with Gasteiger partial charge in [-0.15, -0.1) is 0 Å². The fourth-order valence-electron chi connectivity index (χ4n) is 3.83. The fourth-order valence-corrected chi connectivity index (χ4v) is 5.91. The van der Waals surface area contributed by atoms with E-state index in [1.165, 1.54) is 0 Å². The molecule has 0 radical (unpaired) electrons. The molecule has 0 spiro atoms. The average molecular weight is 433 g/mol. The van der Waals surface area contributed by atoms with E-state index < -0.39 is 38.9 Å². The van der Waals surface area contributed by atoms with Gasteiger partial charge in [0.2, 0.25) is 0 Å². The van der Waals surface area contributed by atoms with Gasteiger partial charge in [-0.25, -0.2) is 8.42 Å².